The van der Waals surface area contributed by atoms with Crippen LogP contribution in [0.25, 0.3) is 22.2 Å². The number of hydrogen-bond acceptors (Lipinski definition) is 7. The average molecular weight is 540 g/mol. The van der Waals surface area contributed by atoms with E-state index in [1.165, 1.54) is 15.3 Å². The maximum atomic E-state index is 13.8. The second-order valence-electron chi connectivity index (χ2n) is 10.3. The van der Waals surface area contributed by atoms with Crippen molar-refractivity contribution in [2.75, 3.05) is 5.32 Å². The van der Waals surface area contributed by atoms with Crippen LogP contribution in [-0.2, 0) is 4.74 Å². The first-order chi connectivity index (χ1) is 19.0. The van der Waals surface area contributed by atoms with Crippen LogP contribution in [0.4, 0.5) is 10.6 Å². The van der Waals surface area contributed by atoms with E-state index in [4.69, 9.17) is 9.72 Å². The Bertz CT molecular complexity index is 1800. The monoisotopic (exact) mass is 539 g/mol. The summed E-state index contributed by atoms with van der Waals surface area (Å²) in [5, 5.41) is 10.3. The Hall–Kier alpha value is -5.06. The van der Waals surface area contributed by atoms with Gasteiger partial charge in [0.2, 0.25) is 0 Å². The van der Waals surface area contributed by atoms with Gasteiger partial charge in [-0.3, -0.25) is 19.5 Å². The van der Waals surface area contributed by atoms with Gasteiger partial charge in [0.25, 0.3) is 11.5 Å². The molecule has 2 N–H and O–H groups in total. The predicted octanol–water partition coefficient (Wildman–Crippen LogP) is 4.57. The molecule has 40 heavy (non-hydrogen) atoms. The van der Waals surface area contributed by atoms with Crippen LogP contribution in [0.2, 0.25) is 0 Å². The number of benzene rings is 2. The number of nitrogens with zero attached hydrogens (tertiary/aromatic N) is 5. The van der Waals surface area contributed by atoms with Crippen molar-refractivity contribution in [1.82, 2.24) is 29.5 Å². The number of carbonyl (C=O) groups is 2. The van der Waals surface area contributed by atoms with E-state index in [0.717, 1.165) is 5.56 Å². The molecule has 11 heteroatoms. The molecule has 2 amide bonds. The number of para-hydroxylation sites is 1. The summed E-state index contributed by atoms with van der Waals surface area (Å²) in [5.41, 5.74) is 1.24. The highest BCUT2D eigenvalue weighted by Gasteiger charge is 2.27. The van der Waals surface area contributed by atoms with Gasteiger partial charge in [-0.05, 0) is 64.4 Å². The summed E-state index contributed by atoms with van der Waals surface area (Å²) in [7, 11) is 0. The minimum atomic E-state index is -0.762. The van der Waals surface area contributed by atoms with Gasteiger partial charge in [-0.15, -0.1) is 5.10 Å². The van der Waals surface area contributed by atoms with Crippen LogP contribution in [0, 0.1) is 6.92 Å². The van der Waals surface area contributed by atoms with E-state index in [1.54, 1.807) is 46.0 Å². The molecule has 1 atom stereocenters. The Morgan fingerprint density at radius 2 is 1.77 bits per heavy atom. The van der Waals surface area contributed by atoms with Crippen molar-refractivity contribution < 1.29 is 14.3 Å². The lowest BCUT2D eigenvalue weighted by Gasteiger charge is -2.20. The first kappa shape index (κ1) is 26.5. The van der Waals surface area contributed by atoms with E-state index >= 15 is 0 Å². The van der Waals surface area contributed by atoms with Gasteiger partial charge in [0, 0.05) is 12.4 Å². The molecule has 0 aliphatic carbocycles. The number of amides is 2. The molecule has 0 bridgehead atoms. The molecular weight excluding hydrogens is 510 g/mol. The van der Waals surface area contributed by atoms with Crippen LogP contribution < -0.4 is 16.2 Å². The lowest BCUT2D eigenvalue weighted by atomic mass is 10.1. The minimum Gasteiger partial charge on any atom is -0.444 e. The van der Waals surface area contributed by atoms with Crippen LogP contribution >= 0.6 is 0 Å². The quantitative estimate of drug-likeness (QED) is 0.334. The van der Waals surface area contributed by atoms with Crippen LogP contribution in [0.3, 0.4) is 0 Å². The second-order valence-corrected chi connectivity index (χ2v) is 10.3. The lowest BCUT2D eigenvalue weighted by molar-refractivity contribution is 0.0635. The molecule has 0 spiro atoms. The van der Waals surface area contributed by atoms with E-state index in [2.05, 4.69) is 20.7 Å². The molecule has 0 saturated carbocycles. The average Bonchev–Trinajstić information content (AvgIpc) is 3.25. The number of hydrogen-bond donors (Lipinski definition) is 2. The van der Waals surface area contributed by atoms with Crippen LogP contribution in [0.15, 0.2) is 71.8 Å². The van der Waals surface area contributed by atoms with Gasteiger partial charge >= 0.3 is 6.09 Å². The number of rotatable bonds is 5. The number of aryl methyl sites for hydroxylation is 1. The Labute approximate surface area is 229 Å². The zero-order valence-electron chi connectivity index (χ0n) is 22.8. The van der Waals surface area contributed by atoms with Crippen molar-refractivity contribution >= 4 is 34.4 Å². The van der Waals surface area contributed by atoms with Crippen molar-refractivity contribution in [2.24, 2.45) is 0 Å². The van der Waals surface area contributed by atoms with Crippen molar-refractivity contribution in [3.8, 4) is 5.69 Å². The summed E-state index contributed by atoms with van der Waals surface area (Å²) in [6, 6.07) is 15.5. The van der Waals surface area contributed by atoms with E-state index in [1.807, 2.05) is 49.4 Å². The third kappa shape index (κ3) is 5.13. The molecule has 11 nitrogen and oxygen atoms in total. The second kappa shape index (κ2) is 10.3. The fraction of sp³-hybridized carbons (Fsp3) is 0.241. The fourth-order valence-electron chi connectivity index (χ4n) is 4.45. The standard InChI is InChI=1S/C29H29N7O4/c1-17-11-9-14-20-21(17)27(38)36(19-12-7-6-8-13-19)24(32-20)18(2)31-26(37)22-23(33-28(39)40-29(3,4)5)34-35-16-10-15-30-25(22)35/h6-16,18H,1-5H3,(H,31,37)(H,33,34,39)/t18-/m0/s1. The lowest BCUT2D eigenvalue weighted by Crippen LogP contribution is -2.34. The Kier molecular flexibility index (Phi) is 6.80. The van der Waals surface area contributed by atoms with E-state index in [9.17, 15) is 14.4 Å². The molecule has 5 rings (SSSR count). The minimum absolute atomic E-state index is 0.0137. The molecule has 0 saturated heterocycles. The Morgan fingerprint density at radius 3 is 2.50 bits per heavy atom. The maximum absolute atomic E-state index is 13.8. The summed E-state index contributed by atoms with van der Waals surface area (Å²) >= 11 is 0. The van der Waals surface area contributed by atoms with Gasteiger partial charge in [0.1, 0.15) is 17.0 Å². The van der Waals surface area contributed by atoms with Gasteiger partial charge in [-0.2, -0.15) is 0 Å². The summed E-state index contributed by atoms with van der Waals surface area (Å²) in [6.45, 7) is 8.80. The number of ether oxygens (including phenoxy) is 1. The zero-order chi connectivity index (χ0) is 28.6. The molecule has 204 valence electrons. The van der Waals surface area contributed by atoms with Crippen LogP contribution in [-0.4, -0.2) is 41.8 Å². The third-order valence-electron chi connectivity index (χ3n) is 6.12. The molecule has 0 unspecified atom stereocenters. The SMILES string of the molecule is Cc1cccc2nc([C@H](C)NC(=O)c3c(NC(=O)OC(C)(C)C)nn4cccnc34)n(-c3ccccc3)c(=O)c12. The van der Waals surface area contributed by atoms with E-state index in [0.29, 0.717) is 22.4 Å². The molecule has 2 aromatic carbocycles. The molecule has 0 aliphatic rings. The molecule has 5 aromatic rings. The van der Waals surface area contributed by atoms with Gasteiger partial charge in [0.05, 0.1) is 22.6 Å². The number of nitrogens with one attached hydrogen (secondary N) is 2. The molecule has 3 heterocycles. The summed E-state index contributed by atoms with van der Waals surface area (Å²) in [6.07, 6.45) is 2.38. The van der Waals surface area contributed by atoms with E-state index < -0.39 is 23.6 Å². The van der Waals surface area contributed by atoms with Crippen LogP contribution in [0.1, 0.15) is 55.5 Å². The first-order valence-electron chi connectivity index (χ1n) is 12.8. The molecular formula is C29H29N7O4. The zero-order valence-corrected chi connectivity index (χ0v) is 22.8. The number of aromatic nitrogens is 5. The smallest absolute Gasteiger partial charge is 0.413 e. The molecule has 0 aliphatic heterocycles. The van der Waals surface area contributed by atoms with Crippen molar-refractivity contribution in [3.63, 3.8) is 0 Å². The van der Waals surface area contributed by atoms with Gasteiger partial charge in [-0.1, -0.05) is 30.3 Å². The normalized spacial score (nSPS) is 12.3. The van der Waals surface area contributed by atoms with Crippen molar-refractivity contribution in [2.45, 2.75) is 46.3 Å². The van der Waals surface area contributed by atoms with Gasteiger partial charge in [0.15, 0.2) is 11.5 Å². The van der Waals surface area contributed by atoms with Gasteiger partial charge in [-0.25, -0.2) is 19.3 Å². The predicted molar refractivity (Wildman–Crippen MR) is 151 cm³/mol. The third-order valence-corrected chi connectivity index (χ3v) is 6.12. The highest BCUT2D eigenvalue weighted by molar-refractivity contribution is 6.07. The number of anilines is 1. The largest absolute Gasteiger partial charge is 0.444 e. The molecule has 0 radical (unpaired) electrons. The van der Waals surface area contributed by atoms with E-state index in [-0.39, 0.29) is 22.6 Å². The van der Waals surface area contributed by atoms with Crippen molar-refractivity contribution in [3.05, 3.63) is 94.3 Å². The first-order valence-corrected chi connectivity index (χ1v) is 12.8. The highest BCUT2D eigenvalue weighted by atomic mass is 16.6. The highest BCUT2D eigenvalue weighted by Crippen LogP contribution is 2.23. The molecule has 0 fully saturated rings. The Balaban J connectivity index is 1.57. The number of carbonyl (C=O) groups excluding carboxylic acids is 2. The van der Waals surface area contributed by atoms with Gasteiger partial charge < -0.3 is 10.1 Å². The van der Waals surface area contributed by atoms with Crippen molar-refractivity contribution in [1.29, 1.82) is 0 Å². The Morgan fingerprint density at radius 1 is 1.02 bits per heavy atom. The topological polar surface area (TPSA) is 133 Å². The summed E-state index contributed by atoms with van der Waals surface area (Å²) < 4.78 is 8.25. The summed E-state index contributed by atoms with van der Waals surface area (Å²) in [5.74, 6) is -0.237. The molecule has 3 aromatic heterocycles. The maximum Gasteiger partial charge on any atom is 0.413 e. The van der Waals surface area contributed by atoms with Crippen LogP contribution in [0.5, 0.6) is 0 Å². The summed E-state index contributed by atoms with van der Waals surface area (Å²) in [4.78, 5) is 49.1. The fourth-order valence-corrected chi connectivity index (χ4v) is 4.45. The number of fused-ring (bicyclic) bond motifs is 2.